The van der Waals surface area contributed by atoms with Gasteiger partial charge < -0.3 is 19.3 Å². The van der Waals surface area contributed by atoms with Crippen molar-refractivity contribution in [3.05, 3.63) is 0 Å². The SMILES string of the molecule is COCCOCCCN1CCC(=O)N2CCCCC2C1=O. The molecule has 0 bridgehead atoms. The standard InChI is InChI=1S/C15H26N2O4/c1-20-11-12-21-10-4-7-16-9-6-14(18)17-8-3-2-5-13(17)15(16)19/h13H,2-12H2,1H3. The van der Waals surface area contributed by atoms with Crippen LogP contribution in [0.3, 0.4) is 0 Å². The zero-order valence-electron chi connectivity index (χ0n) is 12.9. The summed E-state index contributed by atoms with van der Waals surface area (Å²) >= 11 is 0. The average Bonchev–Trinajstić information content (AvgIpc) is 2.63. The molecule has 2 aliphatic rings. The van der Waals surface area contributed by atoms with Gasteiger partial charge in [0.2, 0.25) is 11.8 Å². The van der Waals surface area contributed by atoms with Crippen LogP contribution in [0, 0.1) is 0 Å². The molecule has 0 aromatic carbocycles. The number of methoxy groups -OCH3 is 1. The number of carbonyl (C=O) groups is 2. The van der Waals surface area contributed by atoms with Crippen molar-refractivity contribution in [2.75, 3.05) is 46.6 Å². The number of rotatable bonds is 7. The van der Waals surface area contributed by atoms with Crippen LogP contribution in [0.4, 0.5) is 0 Å². The molecule has 6 heteroatoms. The lowest BCUT2D eigenvalue weighted by Crippen LogP contribution is -2.49. The van der Waals surface area contributed by atoms with Crippen LogP contribution in [-0.2, 0) is 19.1 Å². The fourth-order valence-electron chi connectivity index (χ4n) is 3.01. The van der Waals surface area contributed by atoms with E-state index in [9.17, 15) is 9.59 Å². The number of hydrogen-bond donors (Lipinski definition) is 0. The van der Waals surface area contributed by atoms with E-state index in [1.165, 1.54) is 0 Å². The predicted molar refractivity (Wildman–Crippen MR) is 77.9 cm³/mol. The van der Waals surface area contributed by atoms with Gasteiger partial charge in [-0.05, 0) is 25.7 Å². The molecule has 2 fully saturated rings. The fraction of sp³-hybridized carbons (Fsp3) is 0.867. The summed E-state index contributed by atoms with van der Waals surface area (Å²) in [6, 6.07) is -0.219. The summed E-state index contributed by atoms with van der Waals surface area (Å²) in [5, 5.41) is 0. The van der Waals surface area contributed by atoms with Crippen LogP contribution in [0.15, 0.2) is 0 Å². The van der Waals surface area contributed by atoms with Gasteiger partial charge >= 0.3 is 0 Å². The number of ether oxygens (including phenoxy) is 2. The van der Waals surface area contributed by atoms with E-state index in [-0.39, 0.29) is 17.9 Å². The number of fused-ring (bicyclic) bond motifs is 1. The molecule has 1 unspecified atom stereocenters. The third-order valence-corrected chi connectivity index (χ3v) is 4.16. The highest BCUT2D eigenvalue weighted by Crippen LogP contribution is 2.22. The minimum absolute atomic E-state index is 0.123. The lowest BCUT2D eigenvalue weighted by atomic mass is 10.0. The number of amides is 2. The van der Waals surface area contributed by atoms with Gasteiger partial charge in [-0.1, -0.05) is 0 Å². The van der Waals surface area contributed by atoms with Crippen LogP contribution in [0.2, 0.25) is 0 Å². The monoisotopic (exact) mass is 298 g/mol. The summed E-state index contributed by atoms with van der Waals surface area (Å²) in [6.07, 6.45) is 4.12. The quantitative estimate of drug-likeness (QED) is 0.648. The minimum Gasteiger partial charge on any atom is -0.382 e. The van der Waals surface area contributed by atoms with Crippen molar-refractivity contribution in [3.8, 4) is 0 Å². The van der Waals surface area contributed by atoms with Crippen molar-refractivity contribution < 1.29 is 19.1 Å². The molecular weight excluding hydrogens is 272 g/mol. The van der Waals surface area contributed by atoms with E-state index in [1.807, 2.05) is 4.90 Å². The molecule has 6 nitrogen and oxygen atoms in total. The van der Waals surface area contributed by atoms with Gasteiger partial charge in [-0.2, -0.15) is 0 Å². The van der Waals surface area contributed by atoms with Gasteiger partial charge in [0.15, 0.2) is 0 Å². The third-order valence-electron chi connectivity index (χ3n) is 4.16. The number of hydrogen-bond acceptors (Lipinski definition) is 4. The van der Waals surface area contributed by atoms with Crippen LogP contribution in [0.1, 0.15) is 32.1 Å². The average molecular weight is 298 g/mol. The van der Waals surface area contributed by atoms with E-state index in [2.05, 4.69) is 0 Å². The summed E-state index contributed by atoms with van der Waals surface area (Å²) in [5.41, 5.74) is 0. The Morgan fingerprint density at radius 2 is 2.00 bits per heavy atom. The highest BCUT2D eigenvalue weighted by Gasteiger charge is 2.37. The van der Waals surface area contributed by atoms with E-state index in [1.54, 1.807) is 12.0 Å². The third kappa shape index (κ3) is 4.41. The molecule has 1 atom stereocenters. The largest absolute Gasteiger partial charge is 0.382 e. The lowest BCUT2D eigenvalue weighted by Gasteiger charge is -2.34. The first kappa shape index (κ1) is 16.2. The first-order chi connectivity index (χ1) is 10.2. The Kier molecular flexibility index (Phi) is 6.45. The van der Waals surface area contributed by atoms with Gasteiger partial charge in [-0.15, -0.1) is 0 Å². The van der Waals surface area contributed by atoms with E-state index < -0.39 is 0 Å². The van der Waals surface area contributed by atoms with Crippen molar-refractivity contribution in [2.24, 2.45) is 0 Å². The lowest BCUT2D eigenvalue weighted by molar-refractivity contribution is -0.143. The second kappa shape index (κ2) is 8.34. The molecule has 21 heavy (non-hydrogen) atoms. The summed E-state index contributed by atoms with van der Waals surface area (Å²) in [5.74, 6) is 0.254. The van der Waals surface area contributed by atoms with Gasteiger partial charge in [0, 0.05) is 39.8 Å². The number of nitrogens with zero attached hydrogens (tertiary/aromatic N) is 2. The highest BCUT2D eigenvalue weighted by atomic mass is 16.5. The number of piperidine rings is 1. The molecule has 2 saturated heterocycles. The molecule has 2 rings (SSSR count). The summed E-state index contributed by atoms with van der Waals surface area (Å²) in [4.78, 5) is 28.3. The summed E-state index contributed by atoms with van der Waals surface area (Å²) in [6.45, 7) is 3.75. The van der Waals surface area contributed by atoms with E-state index >= 15 is 0 Å². The Hall–Kier alpha value is -1.14. The summed E-state index contributed by atoms with van der Waals surface area (Å²) in [7, 11) is 1.65. The van der Waals surface area contributed by atoms with Gasteiger partial charge in [0.1, 0.15) is 6.04 Å². The smallest absolute Gasteiger partial charge is 0.245 e. The van der Waals surface area contributed by atoms with Crippen molar-refractivity contribution in [1.29, 1.82) is 0 Å². The molecule has 2 amide bonds. The molecule has 2 heterocycles. The maximum Gasteiger partial charge on any atom is 0.245 e. The summed E-state index contributed by atoms with van der Waals surface area (Å²) < 4.78 is 10.3. The maximum atomic E-state index is 12.6. The minimum atomic E-state index is -0.219. The first-order valence-corrected chi connectivity index (χ1v) is 7.89. The topological polar surface area (TPSA) is 59.1 Å². The molecule has 0 aliphatic carbocycles. The molecule has 0 spiro atoms. The van der Waals surface area contributed by atoms with Gasteiger partial charge in [-0.3, -0.25) is 9.59 Å². The maximum absolute atomic E-state index is 12.6. The molecule has 0 aromatic heterocycles. The van der Waals surface area contributed by atoms with Crippen LogP contribution < -0.4 is 0 Å². The van der Waals surface area contributed by atoms with Crippen molar-refractivity contribution in [1.82, 2.24) is 9.80 Å². The normalized spacial score (nSPS) is 23.2. The Bertz CT molecular complexity index is 362. The Balaban J connectivity index is 1.80. The van der Waals surface area contributed by atoms with E-state index in [0.717, 1.165) is 32.2 Å². The van der Waals surface area contributed by atoms with Crippen LogP contribution in [0.5, 0.6) is 0 Å². The van der Waals surface area contributed by atoms with Gasteiger partial charge in [0.25, 0.3) is 0 Å². The van der Waals surface area contributed by atoms with Crippen LogP contribution >= 0.6 is 0 Å². The molecule has 0 N–H and O–H groups in total. The second-order valence-corrected chi connectivity index (χ2v) is 5.63. The molecule has 0 saturated carbocycles. The zero-order valence-corrected chi connectivity index (χ0v) is 12.9. The Labute approximate surface area is 126 Å². The van der Waals surface area contributed by atoms with Crippen molar-refractivity contribution >= 4 is 11.8 Å². The Morgan fingerprint density at radius 1 is 1.14 bits per heavy atom. The highest BCUT2D eigenvalue weighted by molar-refractivity contribution is 5.90. The molecule has 2 aliphatic heterocycles. The molecule has 0 radical (unpaired) electrons. The molecule has 120 valence electrons. The Morgan fingerprint density at radius 3 is 2.81 bits per heavy atom. The molecule has 0 aromatic rings. The first-order valence-electron chi connectivity index (χ1n) is 7.89. The van der Waals surface area contributed by atoms with Crippen molar-refractivity contribution in [3.63, 3.8) is 0 Å². The number of carbonyl (C=O) groups excluding carboxylic acids is 2. The van der Waals surface area contributed by atoms with Crippen LogP contribution in [-0.4, -0.2) is 74.2 Å². The van der Waals surface area contributed by atoms with Gasteiger partial charge in [0.05, 0.1) is 13.2 Å². The van der Waals surface area contributed by atoms with Gasteiger partial charge in [-0.25, -0.2) is 0 Å². The van der Waals surface area contributed by atoms with Crippen molar-refractivity contribution in [2.45, 2.75) is 38.1 Å². The molecular formula is C15H26N2O4. The van der Waals surface area contributed by atoms with E-state index in [4.69, 9.17) is 9.47 Å². The fourth-order valence-corrected chi connectivity index (χ4v) is 3.01. The predicted octanol–water partition coefficient (Wildman–Crippen LogP) is 0.653. The zero-order chi connectivity index (χ0) is 15.1. The van der Waals surface area contributed by atoms with E-state index in [0.29, 0.717) is 39.3 Å². The van der Waals surface area contributed by atoms with Crippen LogP contribution in [0.25, 0.3) is 0 Å². The second-order valence-electron chi connectivity index (χ2n) is 5.63.